The van der Waals surface area contributed by atoms with Gasteiger partial charge >= 0.3 is 0 Å². The highest BCUT2D eigenvalue weighted by Crippen LogP contribution is 2.51. The van der Waals surface area contributed by atoms with Gasteiger partial charge in [-0.05, 0) is 24.6 Å². The largest absolute Gasteiger partial charge is 0.455 e. The van der Waals surface area contributed by atoms with Gasteiger partial charge in [-0.15, -0.1) is 22.7 Å². The zero-order valence-electron chi connectivity index (χ0n) is 13.8. The van der Waals surface area contributed by atoms with Gasteiger partial charge in [0.1, 0.15) is 18.2 Å². The van der Waals surface area contributed by atoms with E-state index < -0.39 is 0 Å². The van der Waals surface area contributed by atoms with Gasteiger partial charge in [-0.3, -0.25) is 0 Å². The number of fused-ring (bicyclic) bond motifs is 5. The Kier molecular flexibility index (Phi) is 2.54. The van der Waals surface area contributed by atoms with E-state index in [0.717, 1.165) is 11.5 Å². The van der Waals surface area contributed by atoms with Crippen molar-refractivity contribution >= 4 is 52.9 Å². The summed E-state index contributed by atoms with van der Waals surface area (Å²) in [4.78, 5) is 0. The van der Waals surface area contributed by atoms with E-state index in [4.69, 9.17) is 4.74 Å². The molecule has 4 heterocycles. The number of hydrogen-bond acceptors (Lipinski definition) is 3. The molecule has 0 unspecified atom stereocenters. The van der Waals surface area contributed by atoms with E-state index in [1.807, 2.05) is 11.3 Å². The highest BCUT2D eigenvalue weighted by atomic mass is 32.1. The first-order valence-electron chi connectivity index (χ1n) is 8.25. The number of thiophene rings is 2. The molecular weight excluding hydrogens is 346 g/mol. The minimum absolute atomic E-state index is 0.977. The van der Waals surface area contributed by atoms with Crippen LogP contribution in [0.1, 0.15) is 5.56 Å². The summed E-state index contributed by atoms with van der Waals surface area (Å²) in [7, 11) is 2.13. The molecule has 0 aliphatic carbocycles. The first-order chi connectivity index (χ1) is 12.2. The molecule has 25 heavy (non-hydrogen) atoms. The van der Waals surface area contributed by atoms with Crippen molar-refractivity contribution in [1.29, 1.82) is 0 Å². The highest BCUT2D eigenvalue weighted by molar-refractivity contribution is 7.25. The van der Waals surface area contributed by atoms with Crippen molar-refractivity contribution in [3.8, 4) is 22.8 Å². The van der Waals surface area contributed by atoms with Gasteiger partial charge in [0.05, 0.1) is 10.3 Å². The lowest BCUT2D eigenvalue weighted by Gasteiger charge is -2.18. The second-order valence-corrected chi connectivity index (χ2v) is 8.56. The summed E-state index contributed by atoms with van der Waals surface area (Å²) >= 11 is 3.60. The fourth-order valence-corrected chi connectivity index (χ4v) is 6.12. The minimum atomic E-state index is 0.977. The molecule has 1 aliphatic heterocycles. The predicted molar refractivity (Wildman–Crippen MR) is 106 cm³/mol. The molecular formula is C21H14NOS2+. The van der Waals surface area contributed by atoms with Crippen LogP contribution < -0.4 is 9.30 Å². The molecule has 0 bridgehead atoms. The Bertz CT molecular complexity index is 1340. The van der Waals surface area contributed by atoms with Crippen LogP contribution in [0, 0.1) is 6.92 Å². The van der Waals surface area contributed by atoms with Crippen LogP contribution in [-0.4, -0.2) is 0 Å². The molecule has 4 heteroatoms. The molecule has 2 nitrogen and oxygen atoms in total. The summed E-state index contributed by atoms with van der Waals surface area (Å²) in [5.41, 5.74) is 3.81. The van der Waals surface area contributed by atoms with Crippen LogP contribution in [0.5, 0.6) is 11.5 Å². The second kappa shape index (κ2) is 4.59. The Morgan fingerprint density at radius 3 is 2.76 bits per heavy atom. The van der Waals surface area contributed by atoms with E-state index in [1.165, 1.54) is 47.1 Å². The van der Waals surface area contributed by atoms with Gasteiger partial charge in [-0.2, -0.15) is 0 Å². The third-order valence-corrected chi connectivity index (χ3v) is 7.21. The third kappa shape index (κ3) is 1.66. The summed E-state index contributed by atoms with van der Waals surface area (Å²) < 4.78 is 12.5. The number of aryl methyl sites for hydroxylation is 2. The smallest absolute Gasteiger partial charge is 0.228 e. The van der Waals surface area contributed by atoms with Crippen LogP contribution >= 0.6 is 22.7 Å². The maximum absolute atomic E-state index is 6.33. The van der Waals surface area contributed by atoms with Crippen molar-refractivity contribution in [3.05, 3.63) is 53.5 Å². The maximum Gasteiger partial charge on any atom is 0.228 e. The summed E-state index contributed by atoms with van der Waals surface area (Å²) in [6.07, 6.45) is 2.16. The monoisotopic (exact) mass is 360 g/mol. The van der Waals surface area contributed by atoms with Crippen molar-refractivity contribution in [2.24, 2.45) is 7.05 Å². The average Bonchev–Trinajstić information content (AvgIpc) is 3.19. The number of aromatic nitrogens is 1. The number of nitrogens with zero attached hydrogens (tertiary/aromatic N) is 1. The number of ether oxygens (including phenoxy) is 1. The fourth-order valence-electron chi connectivity index (χ4n) is 4.07. The Morgan fingerprint density at radius 2 is 1.84 bits per heavy atom. The molecule has 120 valence electrons. The molecule has 2 aromatic carbocycles. The van der Waals surface area contributed by atoms with E-state index in [1.54, 1.807) is 11.3 Å². The quantitative estimate of drug-likeness (QED) is 0.295. The topological polar surface area (TPSA) is 13.1 Å². The Hall–Kier alpha value is -2.43. The van der Waals surface area contributed by atoms with Gasteiger partial charge in [-0.1, -0.05) is 18.2 Å². The van der Waals surface area contributed by atoms with Gasteiger partial charge in [-0.25, -0.2) is 4.57 Å². The lowest BCUT2D eigenvalue weighted by Crippen LogP contribution is -2.31. The summed E-state index contributed by atoms with van der Waals surface area (Å²) in [6.45, 7) is 2.24. The number of pyridine rings is 1. The summed E-state index contributed by atoms with van der Waals surface area (Å²) in [6, 6.07) is 13.1. The predicted octanol–water partition coefficient (Wildman–Crippen LogP) is 6.17. The van der Waals surface area contributed by atoms with Crippen molar-refractivity contribution < 1.29 is 9.30 Å². The molecule has 0 N–H and O–H groups in total. The molecule has 0 atom stereocenters. The standard InChI is InChI=1S/C21H14NOS2/c1-11-18-12-5-3-4-6-15(12)25-17(18)9-13-19(11)21-20-14(23-13)10-24-16(20)7-8-22(21)2/h3-10H,1-2H3/q+1. The van der Waals surface area contributed by atoms with Crippen LogP contribution in [0.4, 0.5) is 0 Å². The van der Waals surface area contributed by atoms with E-state index in [0.29, 0.717) is 0 Å². The van der Waals surface area contributed by atoms with Crippen molar-refractivity contribution in [3.63, 3.8) is 0 Å². The second-order valence-electron chi connectivity index (χ2n) is 6.56. The van der Waals surface area contributed by atoms with Gasteiger partial charge < -0.3 is 4.74 Å². The molecule has 0 saturated carbocycles. The first kappa shape index (κ1) is 13.8. The molecule has 6 rings (SSSR count). The first-order valence-corrected chi connectivity index (χ1v) is 9.95. The molecule has 3 aromatic heterocycles. The van der Waals surface area contributed by atoms with Crippen LogP contribution in [0.3, 0.4) is 0 Å². The number of hydrogen-bond donors (Lipinski definition) is 0. The van der Waals surface area contributed by atoms with Crippen molar-refractivity contribution in [1.82, 2.24) is 0 Å². The Balaban J connectivity index is 1.85. The van der Waals surface area contributed by atoms with Crippen LogP contribution in [0.15, 0.2) is 48.0 Å². The Labute approximate surface area is 152 Å². The number of benzene rings is 2. The molecule has 0 spiro atoms. The van der Waals surface area contributed by atoms with Gasteiger partial charge in [0.15, 0.2) is 11.9 Å². The summed E-state index contributed by atoms with van der Waals surface area (Å²) in [5.74, 6) is 1.96. The van der Waals surface area contributed by atoms with Gasteiger partial charge in [0.2, 0.25) is 5.69 Å². The van der Waals surface area contributed by atoms with Crippen molar-refractivity contribution in [2.75, 3.05) is 0 Å². The van der Waals surface area contributed by atoms with E-state index in [9.17, 15) is 0 Å². The number of rotatable bonds is 0. The maximum atomic E-state index is 6.33. The van der Waals surface area contributed by atoms with Crippen LogP contribution in [0.25, 0.3) is 41.5 Å². The van der Waals surface area contributed by atoms with E-state index in [2.05, 4.69) is 66.5 Å². The molecule has 0 saturated heterocycles. The van der Waals surface area contributed by atoms with Gasteiger partial charge in [0.25, 0.3) is 0 Å². The SMILES string of the molecule is Cc1c2c(cc3sc4ccccc4c13)Oc1csc3cc[n+](C)c-2c13. The molecule has 0 radical (unpaired) electrons. The van der Waals surface area contributed by atoms with E-state index >= 15 is 0 Å². The van der Waals surface area contributed by atoms with E-state index in [-0.39, 0.29) is 0 Å². The lowest BCUT2D eigenvalue weighted by molar-refractivity contribution is -0.659. The molecule has 1 aliphatic rings. The van der Waals surface area contributed by atoms with Crippen molar-refractivity contribution in [2.45, 2.75) is 6.92 Å². The highest BCUT2D eigenvalue weighted by Gasteiger charge is 2.31. The average molecular weight is 360 g/mol. The summed E-state index contributed by atoms with van der Waals surface area (Å²) in [5, 5.41) is 6.07. The zero-order valence-corrected chi connectivity index (χ0v) is 15.4. The van der Waals surface area contributed by atoms with Crippen LogP contribution in [-0.2, 0) is 7.05 Å². The normalized spacial score (nSPS) is 12.7. The lowest BCUT2D eigenvalue weighted by atomic mass is 9.95. The third-order valence-electron chi connectivity index (χ3n) is 5.16. The van der Waals surface area contributed by atoms with Crippen LogP contribution in [0.2, 0.25) is 0 Å². The molecule has 5 aromatic rings. The molecule has 0 amide bonds. The zero-order chi connectivity index (χ0) is 16.7. The Morgan fingerprint density at radius 1 is 0.960 bits per heavy atom. The molecule has 0 fully saturated rings. The fraction of sp³-hybridized carbons (Fsp3) is 0.0952. The minimum Gasteiger partial charge on any atom is -0.455 e. The van der Waals surface area contributed by atoms with Gasteiger partial charge in [0, 0.05) is 31.6 Å².